The summed E-state index contributed by atoms with van der Waals surface area (Å²) in [7, 11) is 1.58. The number of fused-ring (bicyclic) bond motifs is 1. The Morgan fingerprint density at radius 1 is 0.833 bits per heavy atom. The van der Waals surface area contributed by atoms with Crippen LogP contribution in [0.2, 0.25) is 5.04 Å². The van der Waals surface area contributed by atoms with Gasteiger partial charge in [-0.15, -0.1) is 0 Å². The summed E-state index contributed by atoms with van der Waals surface area (Å²) in [6.07, 6.45) is 8.08. The molecule has 8 nitrogen and oxygen atoms in total. The lowest BCUT2D eigenvalue weighted by molar-refractivity contribution is 0.0181. The first kappa shape index (κ1) is 40.0. The van der Waals surface area contributed by atoms with Crippen molar-refractivity contribution < 1.29 is 23.2 Å². The number of rotatable bonds is 12. The van der Waals surface area contributed by atoms with Crippen LogP contribution in [0.1, 0.15) is 97.7 Å². The van der Waals surface area contributed by atoms with Gasteiger partial charge in [0.1, 0.15) is 11.4 Å². The highest BCUT2D eigenvalue weighted by Gasteiger charge is 2.51. The van der Waals surface area contributed by atoms with Gasteiger partial charge in [-0.05, 0) is 126 Å². The third-order valence-electron chi connectivity index (χ3n) is 11.3. The van der Waals surface area contributed by atoms with E-state index in [4.69, 9.17) is 18.4 Å². The molecule has 2 heterocycles. The number of piperidine rings is 1. The Bertz CT molecular complexity index is 1760. The molecule has 54 heavy (non-hydrogen) atoms. The van der Waals surface area contributed by atoms with Crippen LogP contribution in [0.3, 0.4) is 0 Å². The highest BCUT2D eigenvalue weighted by Crippen LogP contribution is 2.40. The van der Waals surface area contributed by atoms with Crippen molar-refractivity contribution >= 4 is 35.8 Å². The Kier molecular flexibility index (Phi) is 12.6. The van der Waals surface area contributed by atoms with Crippen LogP contribution < -0.4 is 15.1 Å². The molecule has 2 fully saturated rings. The Hall–Kier alpha value is -3.66. The van der Waals surface area contributed by atoms with Gasteiger partial charge in [0.25, 0.3) is 8.32 Å². The summed E-state index contributed by atoms with van der Waals surface area (Å²) in [6.45, 7) is 15.7. The van der Waals surface area contributed by atoms with Crippen LogP contribution in [0.4, 0.5) is 4.79 Å². The van der Waals surface area contributed by atoms with Crippen molar-refractivity contribution in [2.24, 2.45) is 11.8 Å². The van der Waals surface area contributed by atoms with Crippen molar-refractivity contribution in [2.45, 2.75) is 116 Å². The minimum Gasteiger partial charge on any atom is -0.493 e. The summed E-state index contributed by atoms with van der Waals surface area (Å²) in [5.41, 5.74) is 2.43. The number of benzene rings is 3. The number of hydrogen-bond donors (Lipinski definition) is 0. The Morgan fingerprint density at radius 2 is 1.44 bits per heavy atom. The third-order valence-corrected chi connectivity index (χ3v) is 16.4. The molecule has 1 saturated carbocycles. The van der Waals surface area contributed by atoms with E-state index in [0.29, 0.717) is 25.0 Å². The number of ether oxygens (including phenoxy) is 2. The summed E-state index contributed by atoms with van der Waals surface area (Å²) in [5.74, 6) is 1.90. The monoisotopic (exact) mass is 753 g/mol. The van der Waals surface area contributed by atoms with Crippen LogP contribution >= 0.6 is 0 Å². The zero-order valence-corrected chi connectivity index (χ0v) is 35.0. The summed E-state index contributed by atoms with van der Waals surface area (Å²) >= 11 is 0. The molecular weight excluding hydrogens is 691 g/mol. The fourth-order valence-corrected chi connectivity index (χ4v) is 13.3. The number of nitrogens with zero attached hydrogens (tertiary/aromatic N) is 3. The molecule has 292 valence electrons. The van der Waals surface area contributed by atoms with Crippen molar-refractivity contribution in [2.75, 3.05) is 33.8 Å². The maximum Gasteiger partial charge on any atom is 0.410 e. The van der Waals surface area contributed by atoms with Gasteiger partial charge in [-0.1, -0.05) is 86.6 Å². The Balaban J connectivity index is 1.07. The highest BCUT2D eigenvalue weighted by atomic mass is 28.4. The number of carbonyl (C=O) groups is 1. The van der Waals surface area contributed by atoms with E-state index < -0.39 is 13.9 Å². The number of aryl methyl sites for hydroxylation is 1. The molecule has 1 saturated heterocycles. The van der Waals surface area contributed by atoms with Crippen LogP contribution in [0.25, 0.3) is 11.0 Å². The minimum absolute atomic E-state index is 0.0290. The molecule has 4 aromatic rings. The zero-order valence-electron chi connectivity index (χ0n) is 34.0. The van der Waals surface area contributed by atoms with E-state index in [0.717, 1.165) is 92.4 Å². The van der Waals surface area contributed by atoms with E-state index in [-0.39, 0.29) is 17.2 Å². The standard InChI is InChI=1S/C45H63N3O5Si/c1-44(2,3)51-43(49)48-29-27-33(28-30-48)21-25-40-38-24-26-41(39(31-47(7)8)42(38)52-46-40)50-32-34-19-22-35(23-20-34)53-54(45(4,5)6,36-15-11-9-12-16-36)37-17-13-10-14-18-37/h9-18,24,26,33-35H,19-23,25,27-32H2,1-8H3. The molecule has 0 radical (unpaired) electrons. The van der Waals surface area contributed by atoms with E-state index in [9.17, 15) is 4.79 Å². The third kappa shape index (κ3) is 9.40. The average molecular weight is 754 g/mol. The predicted molar refractivity (Wildman–Crippen MR) is 220 cm³/mol. The van der Waals surface area contributed by atoms with Gasteiger partial charge in [-0.2, -0.15) is 0 Å². The molecule has 1 aliphatic heterocycles. The number of likely N-dealkylation sites (tertiary alicyclic amines) is 1. The van der Waals surface area contributed by atoms with Gasteiger partial charge < -0.3 is 28.2 Å². The molecule has 0 bridgehead atoms. The lowest BCUT2D eigenvalue weighted by atomic mass is 9.88. The maximum absolute atomic E-state index is 12.5. The van der Waals surface area contributed by atoms with Crippen LogP contribution in [0, 0.1) is 11.8 Å². The van der Waals surface area contributed by atoms with E-state index in [1.54, 1.807) is 0 Å². The fourth-order valence-electron chi connectivity index (χ4n) is 8.51. The molecule has 1 aromatic heterocycles. The van der Waals surface area contributed by atoms with Gasteiger partial charge in [0, 0.05) is 31.1 Å². The second kappa shape index (κ2) is 17.0. The lowest BCUT2D eigenvalue weighted by Gasteiger charge is -2.46. The van der Waals surface area contributed by atoms with Crippen molar-refractivity contribution in [3.8, 4) is 5.75 Å². The van der Waals surface area contributed by atoms with Crippen molar-refractivity contribution in [3.63, 3.8) is 0 Å². The van der Waals surface area contributed by atoms with Crippen LogP contribution in [0.15, 0.2) is 77.3 Å². The van der Waals surface area contributed by atoms with Gasteiger partial charge in [0.15, 0.2) is 5.58 Å². The molecule has 6 rings (SSSR count). The summed E-state index contributed by atoms with van der Waals surface area (Å²) < 4.78 is 25.8. The normalized spacial score (nSPS) is 19.0. The van der Waals surface area contributed by atoms with Crippen LogP contribution in [-0.4, -0.2) is 74.9 Å². The van der Waals surface area contributed by atoms with Crippen LogP contribution in [-0.2, 0) is 22.1 Å². The van der Waals surface area contributed by atoms with E-state index >= 15 is 0 Å². The first-order valence-electron chi connectivity index (χ1n) is 20.2. The summed E-state index contributed by atoms with van der Waals surface area (Å²) in [6, 6.07) is 26.2. The molecule has 2 aliphatic rings. The largest absolute Gasteiger partial charge is 0.493 e. The number of carbonyl (C=O) groups excluding carboxylic acids is 1. The van der Waals surface area contributed by atoms with E-state index in [2.05, 4.69) is 118 Å². The highest BCUT2D eigenvalue weighted by molar-refractivity contribution is 6.99. The van der Waals surface area contributed by atoms with Crippen LogP contribution in [0.5, 0.6) is 5.75 Å². The van der Waals surface area contributed by atoms with Gasteiger partial charge in [-0.25, -0.2) is 4.79 Å². The molecule has 0 atom stereocenters. The number of amides is 1. The Labute approximate surface area is 324 Å². The second-order valence-electron chi connectivity index (χ2n) is 18.0. The average Bonchev–Trinajstić information content (AvgIpc) is 3.56. The molecule has 0 N–H and O–H groups in total. The number of hydrogen-bond acceptors (Lipinski definition) is 7. The molecular formula is C45H63N3O5Si. The van der Waals surface area contributed by atoms with Crippen molar-refractivity contribution in [1.82, 2.24) is 15.0 Å². The molecule has 1 aliphatic carbocycles. The predicted octanol–water partition coefficient (Wildman–Crippen LogP) is 8.98. The first-order valence-corrected chi connectivity index (χ1v) is 22.1. The quantitative estimate of drug-likeness (QED) is 0.134. The molecule has 1 amide bonds. The fraction of sp³-hybridized carbons (Fsp3) is 0.556. The maximum atomic E-state index is 12.5. The molecule has 0 spiro atoms. The smallest absolute Gasteiger partial charge is 0.410 e. The van der Waals surface area contributed by atoms with E-state index in [1.807, 2.05) is 25.7 Å². The molecule has 9 heteroatoms. The summed E-state index contributed by atoms with van der Waals surface area (Å²) in [5, 5.41) is 8.31. The SMILES string of the molecule is CN(C)Cc1c(OCC2CCC(O[Si](c3ccccc3)(c3ccccc3)C(C)(C)C)CC2)ccc2c(CCC3CCN(C(=O)OC(C)(C)C)CC3)noc12. The van der Waals surface area contributed by atoms with Gasteiger partial charge in [0.2, 0.25) is 0 Å². The van der Waals surface area contributed by atoms with Gasteiger partial charge >= 0.3 is 6.09 Å². The number of aromatic nitrogens is 1. The van der Waals surface area contributed by atoms with Crippen molar-refractivity contribution in [1.29, 1.82) is 0 Å². The molecule has 3 aromatic carbocycles. The zero-order chi connectivity index (χ0) is 38.5. The van der Waals surface area contributed by atoms with Crippen molar-refractivity contribution in [3.05, 3.63) is 84.1 Å². The topological polar surface area (TPSA) is 77.3 Å². The Morgan fingerprint density at radius 3 is 2.00 bits per heavy atom. The summed E-state index contributed by atoms with van der Waals surface area (Å²) in [4.78, 5) is 16.5. The second-order valence-corrected chi connectivity index (χ2v) is 22.2. The van der Waals surface area contributed by atoms with Gasteiger partial charge in [-0.3, -0.25) is 0 Å². The van der Waals surface area contributed by atoms with E-state index in [1.165, 1.54) is 10.4 Å². The molecule has 0 unspecified atom stereocenters. The first-order chi connectivity index (χ1) is 25.7. The minimum atomic E-state index is -2.58. The lowest BCUT2D eigenvalue weighted by Crippen LogP contribution is -2.67. The van der Waals surface area contributed by atoms with Gasteiger partial charge in [0.05, 0.1) is 17.9 Å².